The van der Waals surface area contributed by atoms with Gasteiger partial charge < -0.3 is 5.32 Å². The van der Waals surface area contributed by atoms with E-state index < -0.39 is 0 Å². The maximum absolute atomic E-state index is 10.8. The summed E-state index contributed by atoms with van der Waals surface area (Å²) < 4.78 is 0. The van der Waals surface area contributed by atoms with E-state index >= 15 is 0 Å². The standard InChI is InChI=1S/C13H16ClNOS/c14-9-12(7-6-10-8-13(16)15-10)17-11-4-2-1-3-5-11/h1-5,10,12H,6-9H2,(H,15,16). The lowest BCUT2D eigenvalue weighted by Crippen LogP contribution is -2.48. The van der Waals surface area contributed by atoms with E-state index in [1.807, 2.05) is 30.0 Å². The van der Waals surface area contributed by atoms with Gasteiger partial charge in [-0.1, -0.05) is 18.2 Å². The lowest BCUT2D eigenvalue weighted by Gasteiger charge is -2.28. The predicted octanol–water partition coefficient (Wildman–Crippen LogP) is 3.05. The molecular weight excluding hydrogens is 254 g/mol. The number of rotatable bonds is 6. The average molecular weight is 270 g/mol. The average Bonchev–Trinajstić information content (AvgIpc) is 2.32. The van der Waals surface area contributed by atoms with E-state index in [0.717, 1.165) is 12.8 Å². The molecule has 0 saturated carbocycles. The Hall–Kier alpha value is -0.670. The van der Waals surface area contributed by atoms with Gasteiger partial charge in [0.15, 0.2) is 0 Å². The molecule has 0 aromatic heterocycles. The molecule has 1 aliphatic heterocycles. The van der Waals surface area contributed by atoms with Crippen LogP contribution in [0.25, 0.3) is 0 Å². The van der Waals surface area contributed by atoms with Crippen molar-refractivity contribution in [1.82, 2.24) is 5.32 Å². The number of amides is 1. The van der Waals surface area contributed by atoms with Gasteiger partial charge in [-0.25, -0.2) is 0 Å². The van der Waals surface area contributed by atoms with Crippen molar-refractivity contribution in [3.05, 3.63) is 30.3 Å². The van der Waals surface area contributed by atoms with Gasteiger partial charge in [-0.2, -0.15) is 0 Å². The number of benzene rings is 1. The molecule has 1 N–H and O–H groups in total. The summed E-state index contributed by atoms with van der Waals surface area (Å²) in [5.41, 5.74) is 0. The molecule has 4 heteroatoms. The Labute approximate surface area is 111 Å². The van der Waals surface area contributed by atoms with Crippen molar-refractivity contribution in [3.8, 4) is 0 Å². The predicted molar refractivity (Wildman–Crippen MR) is 72.6 cm³/mol. The number of hydrogen-bond acceptors (Lipinski definition) is 2. The van der Waals surface area contributed by atoms with Gasteiger partial charge in [-0.3, -0.25) is 4.79 Å². The number of nitrogens with one attached hydrogen (secondary N) is 1. The number of thioether (sulfide) groups is 1. The summed E-state index contributed by atoms with van der Waals surface area (Å²) in [6, 6.07) is 10.7. The number of carbonyl (C=O) groups excluding carboxylic acids is 1. The minimum atomic E-state index is 0.174. The molecule has 1 aliphatic rings. The van der Waals surface area contributed by atoms with Gasteiger partial charge in [-0.15, -0.1) is 23.4 Å². The highest BCUT2D eigenvalue weighted by atomic mass is 35.5. The molecule has 1 aromatic rings. The zero-order valence-corrected chi connectivity index (χ0v) is 11.1. The Kier molecular flexibility index (Phi) is 4.75. The van der Waals surface area contributed by atoms with Crippen LogP contribution in [0.5, 0.6) is 0 Å². The molecule has 0 radical (unpaired) electrons. The van der Waals surface area contributed by atoms with Crippen LogP contribution in [0.4, 0.5) is 0 Å². The topological polar surface area (TPSA) is 29.1 Å². The highest BCUT2D eigenvalue weighted by Crippen LogP contribution is 2.28. The summed E-state index contributed by atoms with van der Waals surface area (Å²) in [4.78, 5) is 12.0. The Balaban J connectivity index is 1.75. The van der Waals surface area contributed by atoms with Crippen molar-refractivity contribution in [2.75, 3.05) is 5.88 Å². The van der Waals surface area contributed by atoms with Crippen LogP contribution in [0.3, 0.4) is 0 Å². The molecule has 0 bridgehead atoms. The van der Waals surface area contributed by atoms with Gasteiger partial charge in [-0.05, 0) is 25.0 Å². The van der Waals surface area contributed by atoms with Crippen molar-refractivity contribution in [2.24, 2.45) is 0 Å². The third-order valence-electron chi connectivity index (χ3n) is 2.85. The van der Waals surface area contributed by atoms with Crippen molar-refractivity contribution in [2.45, 2.75) is 35.4 Å². The summed E-state index contributed by atoms with van der Waals surface area (Å²) >= 11 is 7.80. The highest BCUT2D eigenvalue weighted by molar-refractivity contribution is 8.00. The molecular formula is C13H16ClNOS. The molecule has 2 rings (SSSR count). The van der Waals surface area contributed by atoms with Gasteiger partial charge in [0.25, 0.3) is 0 Å². The van der Waals surface area contributed by atoms with Gasteiger partial charge in [0.1, 0.15) is 0 Å². The van der Waals surface area contributed by atoms with E-state index in [4.69, 9.17) is 11.6 Å². The summed E-state index contributed by atoms with van der Waals surface area (Å²) in [6.45, 7) is 0. The second-order valence-corrected chi connectivity index (χ2v) is 5.94. The minimum Gasteiger partial charge on any atom is -0.353 e. The third kappa shape index (κ3) is 3.93. The molecule has 2 unspecified atom stereocenters. The molecule has 1 heterocycles. The largest absolute Gasteiger partial charge is 0.353 e. The van der Waals surface area contributed by atoms with Crippen LogP contribution < -0.4 is 5.32 Å². The number of alkyl halides is 1. The molecule has 0 aliphatic carbocycles. The second kappa shape index (κ2) is 6.31. The molecule has 2 atom stereocenters. The minimum absolute atomic E-state index is 0.174. The van der Waals surface area contributed by atoms with E-state index in [0.29, 0.717) is 23.6 Å². The fraction of sp³-hybridized carbons (Fsp3) is 0.462. The third-order valence-corrected chi connectivity index (χ3v) is 4.69. The quantitative estimate of drug-likeness (QED) is 0.489. The van der Waals surface area contributed by atoms with Crippen molar-refractivity contribution >= 4 is 29.3 Å². The number of carbonyl (C=O) groups is 1. The maximum Gasteiger partial charge on any atom is 0.222 e. The summed E-state index contributed by atoms with van der Waals surface area (Å²) in [5.74, 6) is 0.827. The first-order chi connectivity index (χ1) is 8.28. The zero-order chi connectivity index (χ0) is 12.1. The number of hydrogen-bond donors (Lipinski definition) is 1. The van der Waals surface area contributed by atoms with Crippen LogP contribution >= 0.6 is 23.4 Å². The monoisotopic (exact) mass is 269 g/mol. The first kappa shape index (κ1) is 12.8. The SMILES string of the molecule is O=C1CC(CCC(CCl)Sc2ccccc2)N1. The zero-order valence-electron chi connectivity index (χ0n) is 9.56. The molecule has 1 aromatic carbocycles. The number of halogens is 1. The van der Waals surface area contributed by atoms with Crippen molar-refractivity contribution in [3.63, 3.8) is 0 Å². The van der Waals surface area contributed by atoms with Crippen molar-refractivity contribution in [1.29, 1.82) is 0 Å². The summed E-state index contributed by atoms with van der Waals surface area (Å²) in [5, 5.41) is 3.32. The Bertz CT molecular complexity index is 363. The Morgan fingerprint density at radius 3 is 2.71 bits per heavy atom. The maximum atomic E-state index is 10.8. The molecule has 2 nitrogen and oxygen atoms in total. The van der Waals surface area contributed by atoms with Gasteiger partial charge in [0, 0.05) is 28.5 Å². The van der Waals surface area contributed by atoms with E-state index in [2.05, 4.69) is 17.4 Å². The van der Waals surface area contributed by atoms with E-state index in [1.54, 1.807) is 0 Å². The molecule has 1 amide bonds. The summed E-state index contributed by atoms with van der Waals surface area (Å²) in [7, 11) is 0. The van der Waals surface area contributed by atoms with Crippen LogP contribution in [0.2, 0.25) is 0 Å². The molecule has 0 spiro atoms. The van der Waals surface area contributed by atoms with Crippen LogP contribution in [-0.4, -0.2) is 23.1 Å². The Morgan fingerprint density at radius 2 is 2.12 bits per heavy atom. The summed E-state index contributed by atoms with van der Waals surface area (Å²) in [6.07, 6.45) is 2.77. The van der Waals surface area contributed by atoms with Crippen LogP contribution in [0.1, 0.15) is 19.3 Å². The second-order valence-electron chi connectivity index (χ2n) is 4.25. The molecule has 1 fully saturated rings. The highest BCUT2D eigenvalue weighted by Gasteiger charge is 2.25. The number of β-lactam (4-membered cyclic amide) rings is 1. The first-order valence-electron chi connectivity index (χ1n) is 5.85. The lowest BCUT2D eigenvalue weighted by atomic mass is 10.00. The lowest BCUT2D eigenvalue weighted by molar-refractivity contribution is -0.128. The van der Waals surface area contributed by atoms with Gasteiger partial charge >= 0.3 is 0 Å². The van der Waals surface area contributed by atoms with Crippen LogP contribution in [0.15, 0.2) is 35.2 Å². The van der Waals surface area contributed by atoms with E-state index in [9.17, 15) is 4.79 Å². The molecule has 1 saturated heterocycles. The molecule has 92 valence electrons. The smallest absolute Gasteiger partial charge is 0.222 e. The Morgan fingerprint density at radius 1 is 1.41 bits per heavy atom. The first-order valence-corrected chi connectivity index (χ1v) is 7.26. The van der Waals surface area contributed by atoms with Gasteiger partial charge in [0.05, 0.1) is 0 Å². The van der Waals surface area contributed by atoms with E-state index in [1.165, 1.54) is 4.90 Å². The van der Waals surface area contributed by atoms with Crippen LogP contribution in [0, 0.1) is 0 Å². The fourth-order valence-electron chi connectivity index (χ4n) is 1.85. The van der Waals surface area contributed by atoms with E-state index in [-0.39, 0.29) is 5.91 Å². The molecule has 17 heavy (non-hydrogen) atoms. The normalized spacial score (nSPS) is 20.5. The van der Waals surface area contributed by atoms with Crippen molar-refractivity contribution < 1.29 is 4.79 Å². The van der Waals surface area contributed by atoms with Gasteiger partial charge in [0.2, 0.25) is 5.91 Å². The fourth-order valence-corrected chi connectivity index (χ4v) is 3.21. The van der Waals surface area contributed by atoms with Crippen LogP contribution in [-0.2, 0) is 4.79 Å².